The molecule has 3 N–H and O–H groups in total. The summed E-state index contributed by atoms with van der Waals surface area (Å²) in [5.74, 6) is -0.563. The molecule has 3 rings (SSSR count). The maximum Gasteiger partial charge on any atom is 0.408 e. The fourth-order valence-electron chi connectivity index (χ4n) is 5.55. The molecule has 0 aromatic heterocycles. The normalized spacial score (nSPS) is 12.6. The van der Waals surface area contributed by atoms with Gasteiger partial charge in [0.2, 0.25) is 11.8 Å². The van der Waals surface area contributed by atoms with E-state index in [0.29, 0.717) is 19.5 Å². The zero-order valence-corrected chi connectivity index (χ0v) is 29.0. The first-order valence-corrected chi connectivity index (χ1v) is 16.8. The lowest BCUT2D eigenvalue weighted by Gasteiger charge is -2.35. The summed E-state index contributed by atoms with van der Waals surface area (Å²) in [6.45, 7) is 12.1. The van der Waals surface area contributed by atoms with Gasteiger partial charge in [0.15, 0.2) is 0 Å². The highest BCUT2D eigenvalue weighted by atomic mass is 16.6. The Morgan fingerprint density at radius 2 is 1.49 bits per heavy atom. The number of nitrogens with one attached hydrogen (secondary N) is 2. The number of amides is 3. The maximum atomic E-state index is 14.8. The van der Waals surface area contributed by atoms with E-state index in [1.54, 1.807) is 49.9 Å². The molecular formula is C39H53N3O5. The number of aromatic hydroxyl groups is 1. The number of carbonyl (C=O) groups excluding carboxylic acids is 3. The summed E-state index contributed by atoms with van der Waals surface area (Å²) in [5, 5.41) is 15.8. The minimum absolute atomic E-state index is 0.103. The number of ether oxygens (including phenoxy) is 1. The highest BCUT2D eigenvalue weighted by Gasteiger charge is 2.37. The van der Waals surface area contributed by atoms with Gasteiger partial charge in [-0.25, -0.2) is 4.79 Å². The van der Waals surface area contributed by atoms with Crippen molar-refractivity contribution >= 4 is 17.9 Å². The van der Waals surface area contributed by atoms with Crippen LogP contribution in [0.25, 0.3) is 0 Å². The van der Waals surface area contributed by atoms with E-state index in [9.17, 15) is 19.5 Å². The van der Waals surface area contributed by atoms with Gasteiger partial charge in [-0.1, -0.05) is 99.7 Å². The van der Waals surface area contributed by atoms with Crippen LogP contribution < -0.4 is 10.6 Å². The van der Waals surface area contributed by atoms with Gasteiger partial charge in [0, 0.05) is 19.5 Å². The number of hydrogen-bond donors (Lipinski definition) is 3. The minimum Gasteiger partial charge on any atom is -0.508 e. The number of nitrogens with zero attached hydrogens (tertiary/aromatic N) is 1. The van der Waals surface area contributed by atoms with Crippen molar-refractivity contribution in [1.29, 1.82) is 0 Å². The van der Waals surface area contributed by atoms with Crippen molar-refractivity contribution in [2.75, 3.05) is 6.54 Å². The Kier molecular flexibility index (Phi) is 14.3. The Hall–Kier alpha value is -4.33. The Bertz CT molecular complexity index is 1430. The molecular weight excluding hydrogens is 590 g/mol. The van der Waals surface area contributed by atoms with Gasteiger partial charge in [0.05, 0.1) is 0 Å². The van der Waals surface area contributed by atoms with E-state index in [1.807, 2.05) is 62.4 Å². The molecule has 254 valence electrons. The van der Waals surface area contributed by atoms with Crippen molar-refractivity contribution in [2.45, 2.75) is 111 Å². The highest BCUT2D eigenvalue weighted by molar-refractivity contribution is 5.92. The van der Waals surface area contributed by atoms with Crippen LogP contribution in [0, 0.1) is 13.8 Å². The third-order valence-electron chi connectivity index (χ3n) is 8.21. The van der Waals surface area contributed by atoms with Gasteiger partial charge in [-0.2, -0.15) is 0 Å². The standard InChI is InChI=1S/C39H53N3O5/c1-7-8-9-10-11-15-25-42(37(45)34(41-38(46)47-39(4,5)6)26-30-21-23-32(43)24-22-30)35(33-20-16-17-28(2)29(33)3)36(44)40-27-31-18-13-12-14-19-31/h12-14,16-24,34-35,43H,7-11,15,25-27H2,1-6H3,(H,40,44)(H,41,46). The van der Waals surface area contributed by atoms with Crippen LogP contribution in [-0.2, 0) is 27.3 Å². The SMILES string of the molecule is CCCCCCCCN(C(=O)C(Cc1ccc(O)cc1)NC(=O)OC(C)(C)C)C(C(=O)NCc1ccccc1)c1cccc(C)c1C. The average Bonchev–Trinajstić information content (AvgIpc) is 3.02. The molecule has 0 fully saturated rings. The monoisotopic (exact) mass is 643 g/mol. The summed E-state index contributed by atoms with van der Waals surface area (Å²) < 4.78 is 5.57. The Morgan fingerprint density at radius 3 is 2.15 bits per heavy atom. The second kappa shape index (κ2) is 18.1. The molecule has 0 saturated heterocycles. The van der Waals surface area contributed by atoms with Gasteiger partial charge in [-0.3, -0.25) is 9.59 Å². The molecule has 0 aliphatic heterocycles. The predicted octanol–water partition coefficient (Wildman–Crippen LogP) is 7.69. The minimum atomic E-state index is -1.02. The van der Waals surface area contributed by atoms with Crippen molar-refractivity contribution in [3.63, 3.8) is 0 Å². The molecule has 0 saturated carbocycles. The number of benzene rings is 3. The highest BCUT2D eigenvalue weighted by Crippen LogP contribution is 2.29. The molecule has 0 radical (unpaired) electrons. The molecule has 0 aliphatic rings. The summed E-state index contributed by atoms with van der Waals surface area (Å²) in [6, 6.07) is 20.1. The number of hydrogen-bond acceptors (Lipinski definition) is 5. The summed E-state index contributed by atoms with van der Waals surface area (Å²) in [5.41, 5.74) is 3.62. The number of phenols is 1. The molecule has 3 amide bonds. The van der Waals surface area contributed by atoms with Crippen LogP contribution in [-0.4, -0.2) is 46.1 Å². The van der Waals surface area contributed by atoms with Gasteiger partial charge < -0.3 is 25.4 Å². The van der Waals surface area contributed by atoms with Crippen LogP contribution in [0.15, 0.2) is 72.8 Å². The molecule has 3 aromatic carbocycles. The second-order valence-electron chi connectivity index (χ2n) is 13.3. The Morgan fingerprint density at radius 1 is 0.830 bits per heavy atom. The Balaban J connectivity index is 2.05. The maximum absolute atomic E-state index is 14.8. The van der Waals surface area contributed by atoms with Crippen LogP contribution in [0.3, 0.4) is 0 Å². The van der Waals surface area contributed by atoms with Gasteiger partial charge in [-0.05, 0) is 81.0 Å². The molecule has 0 heterocycles. The molecule has 8 heteroatoms. The van der Waals surface area contributed by atoms with Gasteiger partial charge in [0.25, 0.3) is 0 Å². The first-order valence-electron chi connectivity index (χ1n) is 16.8. The van der Waals surface area contributed by atoms with E-state index in [0.717, 1.165) is 59.9 Å². The zero-order chi connectivity index (χ0) is 34.4. The third-order valence-corrected chi connectivity index (χ3v) is 8.21. The fraction of sp³-hybridized carbons (Fsp3) is 0.462. The van der Waals surface area contributed by atoms with Gasteiger partial charge >= 0.3 is 6.09 Å². The first kappa shape index (κ1) is 37.1. The molecule has 47 heavy (non-hydrogen) atoms. The lowest BCUT2D eigenvalue weighted by Crippen LogP contribution is -2.54. The summed E-state index contributed by atoms with van der Waals surface area (Å²) in [4.78, 5) is 43.8. The van der Waals surface area contributed by atoms with E-state index in [4.69, 9.17) is 4.74 Å². The number of aryl methyl sites for hydroxylation is 1. The van der Waals surface area contributed by atoms with E-state index >= 15 is 0 Å². The van der Waals surface area contributed by atoms with Crippen LogP contribution >= 0.6 is 0 Å². The smallest absolute Gasteiger partial charge is 0.408 e. The van der Waals surface area contributed by atoms with Crippen LogP contribution in [0.4, 0.5) is 4.79 Å². The average molecular weight is 644 g/mol. The largest absolute Gasteiger partial charge is 0.508 e. The lowest BCUT2D eigenvalue weighted by molar-refractivity contribution is -0.142. The van der Waals surface area contributed by atoms with Gasteiger partial charge in [-0.15, -0.1) is 0 Å². The number of alkyl carbamates (subject to hydrolysis) is 1. The van der Waals surface area contributed by atoms with Crippen molar-refractivity contribution in [3.8, 4) is 5.75 Å². The van der Waals surface area contributed by atoms with E-state index in [1.165, 1.54) is 0 Å². The van der Waals surface area contributed by atoms with Crippen LogP contribution in [0.5, 0.6) is 5.75 Å². The third kappa shape index (κ3) is 12.1. The number of unbranched alkanes of at least 4 members (excludes halogenated alkanes) is 5. The first-order chi connectivity index (χ1) is 22.4. The summed E-state index contributed by atoms with van der Waals surface area (Å²) in [7, 11) is 0. The molecule has 8 nitrogen and oxygen atoms in total. The van der Waals surface area contributed by atoms with Crippen molar-refractivity contribution in [2.24, 2.45) is 0 Å². The van der Waals surface area contributed by atoms with Crippen molar-refractivity contribution < 1.29 is 24.2 Å². The van der Waals surface area contributed by atoms with E-state index in [-0.39, 0.29) is 24.0 Å². The molecule has 2 atom stereocenters. The number of carbonyl (C=O) groups is 3. The topological polar surface area (TPSA) is 108 Å². The van der Waals surface area contributed by atoms with Crippen LogP contribution in [0.2, 0.25) is 0 Å². The summed E-state index contributed by atoms with van der Waals surface area (Å²) >= 11 is 0. The molecule has 3 aromatic rings. The molecule has 0 spiro atoms. The summed E-state index contributed by atoms with van der Waals surface area (Å²) in [6.07, 6.45) is 5.50. The molecule has 2 unspecified atom stereocenters. The lowest BCUT2D eigenvalue weighted by atomic mass is 9.94. The van der Waals surface area contributed by atoms with E-state index in [2.05, 4.69) is 17.6 Å². The molecule has 0 aliphatic carbocycles. The predicted molar refractivity (Wildman–Crippen MR) is 187 cm³/mol. The quantitative estimate of drug-likeness (QED) is 0.139. The van der Waals surface area contributed by atoms with E-state index < -0.39 is 23.8 Å². The number of phenolic OH excluding ortho intramolecular Hbond substituents is 1. The number of rotatable bonds is 16. The second-order valence-corrected chi connectivity index (χ2v) is 13.3. The van der Waals surface area contributed by atoms with Crippen LogP contribution in [0.1, 0.15) is 100 Å². The van der Waals surface area contributed by atoms with Crippen molar-refractivity contribution in [3.05, 3.63) is 101 Å². The molecule has 0 bridgehead atoms. The zero-order valence-electron chi connectivity index (χ0n) is 29.0. The Labute approximate surface area is 280 Å². The fourth-order valence-corrected chi connectivity index (χ4v) is 5.55. The van der Waals surface area contributed by atoms with Crippen molar-refractivity contribution in [1.82, 2.24) is 15.5 Å². The van der Waals surface area contributed by atoms with Gasteiger partial charge in [0.1, 0.15) is 23.4 Å².